The first-order valence-electron chi connectivity index (χ1n) is 5.38. The summed E-state index contributed by atoms with van der Waals surface area (Å²) in [6.07, 6.45) is 1.39. The summed E-state index contributed by atoms with van der Waals surface area (Å²) in [5, 5.41) is 8.35. The highest BCUT2D eigenvalue weighted by molar-refractivity contribution is 7.10. The summed E-state index contributed by atoms with van der Waals surface area (Å²) < 4.78 is 3.96. The first kappa shape index (κ1) is 10.8. The van der Waals surface area contributed by atoms with Gasteiger partial charge in [0.05, 0.1) is 0 Å². The van der Waals surface area contributed by atoms with Gasteiger partial charge in [0.1, 0.15) is 10.7 Å². The molecule has 1 heterocycles. The predicted octanol–water partition coefficient (Wildman–Crippen LogP) is 1.67. The quantitative estimate of drug-likeness (QED) is 0.829. The fraction of sp³-hybridized carbons (Fsp3) is 0.800. The van der Waals surface area contributed by atoms with Crippen LogP contribution in [0.25, 0.3) is 0 Å². The fourth-order valence-corrected chi connectivity index (χ4v) is 2.40. The van der Waals surface area contributed by atoms with Gasteiger partial charge in [-0.25, -0.2) is 0 Å². The van der Waals surface area contributed by atoms with Crippen molar-refractivity contribution < 1.29 is 0 Å². The lowest BCUT2D eigenvalue weighted by Gasteiger charge is -2.15. The van der Waals surface area contributed by atoms with Crippen LogP contribution in [0.5, 0.6) is 0 Å². The molecule has 1 N–H and O–H groups in total. The second-order valence-electron chi connectivity index (χ2n) is 4.47. The van der Waals surface area contributed by atoms with Crippen LogP contribution < -0.4 is 5.32 Å². The van der Waals surface area contributed by atoms with Crippen LogP contribution >= 0.6 is 11.5 Å². The molecule has 1 aliphatic carbocycles. The number of nitrogens with zero attached hydrogens (tertiary/aromatic N) is 3. The Bertz CT molecular complexity index is 325. The number of aromatic nitrogens is 2. The fourth-order valence-electron chi connectivity index (χ4n) is 1.88. The third-order valence-electron chi connectivity index (χ3n) is 3.02. The van der Waals surface area contributed by atoms with Gasteiger partial charge in [-0.05, 0) is 25.3 Å². The Hall–Kier alpha value is -0.680. The molecule has 0 amide bonds. The zero-order chi connectivity index (χ0) is 10.8. The molecule has 1 aromatic heterocycles. The van der Waals surface area contributed by atoms with Gasteiger partial charge in [0.15, 0.2) is 0 Å². The minimum absolute atomic E-state index is 0.899. The van der Waals surface area contributed by atoms with E-state index < -0.39 is 0 Å². The van der Waals surface area contributed by atoms with Crippen LogP contribution in [0.15, 0.2) is 0 Å². The summed E-state index contributed by atoms with van der Waals surface area (Å²) >= 11 is 1.43. The molecule has 0 aromatic carbocycles. The molecule has 1 aromatic rings. The molecule has 5 heteroatoms. The summed E-state index contributed by atoms with van der Waals surface area (Å²) in [6.45, 7) is 4.40. The van der Waals surface area contributed by atoms with E-state index in [1.54, 1.807) is 0 Å². The number of hydrogen-bond donors (Lipinski definition) is 1. The zero-order valence-corrected chi connectivity index (χ0v) is 10.3. The smallest absolute Gasteiger partial charge is 0.134 e. The molecular formula is C10H18N4S. The van der Waals surface area contributed by atoms with Crippen LogP contribution in [0, 0.1) is 11.8 Å². The van der Waals surface area contributed by atoms with E-state index in [0.717, 1.165) is 29.1 Å². The summed E-state index contributed by atoms with van der Waals surface area (Å²) in [7, 11) is 4.07. The summed E-state index contributed by atoms with van der Waals surface area (Å²) in [4.78, 5) is 2.34. The molecule has 0 aliphatic heterocycles. The molecule has 84 valence electrons. The van der Waals surface area contributed by atoms with Crippen molar-refractivity contribution in [2.45, 2.75) is 19.9 Å². The van der Waals surface area contributed by atoms with E-state index in [4.69, 9.17) is 0 Å². The minimum Gasteiger partial charge on any atom is -0.377 e. The van der Waals surface area contributed by atoms with E-state index in [-0.39, 0.29) is 0 Å². The molecule has 0 saturated heterocycles. The Morgan fingerprint density at radius 3 is 2.93 bits per heavy atom. The number of nitrogens with one attached hydrogen (secondary N) is 1. The van der Waals surface area contributed by atoms with Gasteiger partial charge in [0.2, 0.25) is 0 Å². The molecular weight excluding hydrogens is 208 g/mol. The lowest BCUT2D eigenvalue weighted by atomic mass is 10.3. The zero-order valence-electron chi connectivity index (χ0n) is 9.53. The van der Waals surface area contributed by atoms with Crippen molar-refractivity contribution in [1.29, 1.82) is 0 Å². The summed E-state index contributed by atoms with van der Waals surface area (Å²) in [5.74, 6) is 1.82. The largest absolute Gasteiger partial charge is 0.377 e. The molecule has 1 aliphatic rings. The molecule has 0 bridgehead atoms. The molecule has 15 heavy (non-hydrogen) atoms. The topological polar surface area (TPSA) is 41.1 Å². The predicted molar refractivity (Wildman–Crippen MR) is 63.1 cm³/mol. The maximum atomic E-state index is 4.14. The summed E-state index contributed by atoms with van der Waals surface area (Å²) in [5.41, 5.74) is 1.07. The van der Waals surface area contributed by atoms with Crippen molar-refractivity contribution in [3.8, 4) is 0 Å². The highest BCUT2D eigenvalue weighted by Gasteiger charge is 2.33. The molecule has 1 saturated carbocycles. The number of hydrogen-bond acceptors (Lipinski definition) is 5. The average molecular weight is 226 g/mol. The maximum absolute atomic E-state index is 4.14. The SMILES string of the molecule is CNc1snnc1CN(C)CC1CC1C. The third kappa shape index (κ3) is 2.66. The highest BCUT2D eigenvalue weighted by atomic mass is 32.1. The van der Waals surface area contributed by atoms with Gasteiger partial charge in [-0.1, -0.05) is 11.4 Å². The van der Waals surface area contributed by atoms with Crippen LogP contribution in [0.4, 0.5) is 5.00 Å². The Morgan fingerprint density at radius 1 is 1.60 bits per heavy atom. The first-order valence-corrected chi connectivity index (χ1v) is 6.15. The van der Waals surface area contributed by atoms with Crippen LogP contribution in [-0.4, -0.2) is 35.1 Å². The van der Waals surface area contributed by atoms with Crippen molar-refractivity contribution >= 4 is 16.5 Å². The third-order valence-corrected chi connectivity index (χ3v) is 3.81. The van der Waals surface area contributed by atoms with E-state index in [1.165, 1.54) is 24.5 Å². The second kappa shape index (κ2) is 4.45. The molecule has 4 nitrogen and oxygen atoms in total. The normalized spacial score (nSPS) is 24.5. The van der Waals surface area contributed by atoms with Gasteiger partial charge < -0.3 is 10.2 Å². The van der Waals surface area contributed by atoms with Gasteiger partial charge in [0, 0.05) is 31.7 Å². The van der Waals surface area contributed by atoms with Crippen LogP contribution in [0.1, 0.15) is 19.0 Å². The van der Waals surface area contributed by atoms with Crippen molar-refractivity contribution in [3.05, 3.63) is 5.69 Å². The van der Waals surface area contributed by atoms with Crippen LogP contribution in [0.3, 0.4) is 0 Å². The lowest BCUT2D eigenvalue weighted by molar-refractivity contribution is 0.304. The molecule has 2 rings (SSSR count). The van der Waals surface area contributed by atoms with Crippen molar-refractivity contribution in [3.63, 3.8) is 0 Å². The molecule has 0 spiro atoms. The lowest BCUT2D eigenvalue weighted by Crippen LogP contribution is -2.21. The van der Waals surface area contributed by atoms with E-state index in [1.807, 2.05) is 7.05 Å². The molecule has 2 unspecified atom stereocenters. The monoisotopic (exact) mass is 226 g/mol. The summed E-state index contributed by atoms with van der Waals surface area (Å²) in [6, 6.07) is 0. The second-order valence-corrected chi connectivity index (χ2v) is 5.22. The van der Waals surface area contributed by atoms with Gasteiger partial charge in [-0.3, -0.25) is 0 Å². The van der Waals surface area contributed by atoms with Crippen molar-refractivity contribution in [1.82, 2.24) is 14.5 Å². The van der Waals surface area contributed by atoms with E-state index in [2.05, 4.69) is 33.8 Å². The Morgan fingerprint density at radius 2 is 2.33 bits per heavy atom. The van der Waals surface area contributed by atoms with E-state index >= 15 is 0 Å². The Kier molecular flexibility index (Phi) is 3.21. The minimum atomic E-state index is 0.899. The standard InChI is InChI=1S/C10H18N4S/c1-7-4-8(7)5-14(3)6-9-10(11-2)15-13-12-9/h7-8,11H,4-6H2,1-3H3. The van der Waals surface area contributed by atoms with Gasteiger partial charge in [0.25, 0.3) is 0 Å². The maximum Gasteiger partial charge on any atom is 0.134 e. The Labute approximate surface area is 94.8 Å². The van der Waals surface area contributed by atoms with Crippen molar-refractivity contribution in [2.24, 2.45) is 11.8 Å². The van der Waals surface area contributed by atoms with Crippen LogP contribution in [-0.2, 0) is 6.54 Å². The number of anilines is 1. The van der Waals surface area contributed by atoms with Gasteiger partial charge in [-0.2, -0.15) is 0 Å². The first-order chi connectivity index (χ1) is 7.20. The molecule has 1 fully saturated rings. The molecule has 2 atom stereocenters. The van der Waals surface area contributed by atoms with Gasteiger partial charge >= 0.3 is 0 Å². The Balaban J connectivity index is 1.85. The number of rotatable bonds is 5. The van der Waals surface area contributed by atoms with Gasteiger partial charge in [-0.15, -0.1) is 5.10 Å². The van der Waals surface area contributed by atoms with E-state index in [9.17, 15) is 0 Å². The van der Waals surface area contributed by atoms with Crippen LogP contribution in [0.2, 0.25) is 0 Å². The average Bonchev–Trinajstić information content (AvgIpc) is 2.73. The van der Waals surface area contributed by atoms with Crippen molar-refractivity contribution in [2.75, 3.05) is 26.0 Å². The molecule has 0 radical (unpaired) electrons. The highest BCUT2D eigenvalue weighted by Crippen LogP contribution is 2.38. The van der Waals surface area contributed by atoms with E-state index in [0.29, 0.717) is 0 Å².